The minimum absolute atomic E-state index is 0.312. The molecular weight excluding hydrogens is 449 g/mol. The molecule has 180 valence electrons. The van der Waals surface area contributed by atoms with Gasteiger partial charge in [0.25, 0.3) is 0 Å². The summed E-state index contributed by atoms with van der Waals surface area (Å²) in [7, 11) is 0. The van der Waals surface area contributed by atoms with Crippen LogP contribution in [-0.2, 0) is 6.42 Å². The number of hydrogen-bond donors (Lipinski definition) is 2. The number of aryl methyl sites for hydroxylation is 1. The quantitative estimate of drug-likeness (QED) is 0.416. The molecule has 0 radical (unpaired) electrons. The second-order valence-electron chi connectivity index (χ2n) is 9.53. The van der Waals surface area contributed by atoms with Crippen LogP contribution < -0.4 is 5.32 Å². The lowest BCUT2D eigenvalue weighted by atomic mass is 10.0. The van der Waals surface area contributed by atoms with E-state index >= 15 is 0 Å². The third-order valence-electron chi connectivity index (χ3n) is 6.18. The van der Waals surface area contributed by atoms with E-state index in [1.807, 2.05) is 0 Å². The number of nitrogens with zero attached hydrogens (tertiary/aromatic N) is 8. The summed E-state index contributed by atoms with van der Waals surface area (Å²) in [6, 6.07) is 5.28. The highest BCUT2D eigenvalue weighted by atomic mass is 19.1. The molecule has 10 nitrogen and oxygen atoms in total. The van der Waals surface area contributed by atoms with Gasteiger partial charge < -0.3 is 10.4 Å². The fourth-order valence-electron chi connectivity index (χ4n) is 4.24. The van der Waals surface area contributed by atoms with E-state index in [9.17, 15) is 9.50 Å². The van der Waals surface area contributed by atoms with Crippen LogP contribution in [0.15, 0.2) is 36.9 Å². The van der Waals surface area contributed by atoms with E-state index in [-0.39, 0.29) is 6.04 Å². The average molecular weight is 476 g/mol. The Bertz CT molecular complexity index is 1400. The molecule has 5 rings (SSSR count). The van der Waals surface area contributed by atoms with Crippen molar-refractivity contribution in [2.75, 3.05) is 5.32 Å². The van der Waals surface area contributed by atoms with Crippen LogP contribution in [0.3, 0.4) is 0 Å². The first-order valence-electron chi connectivity index (χ1n) is 11.6. The molecule has 4 aromatic rings. The van der Waals surface area contributed by atoms with Gasteiger partial charge in [0.2, 0.25) is 0 Å². The zero-order valence-corrected chi connectivity index (χ0v) is 19.6. The highest BCUT2D eigenvalue weighted by molar-refractivity contribution is 5.77. The molecule has 35 heavy (non-hydrogen) atoms. The summed E-state index contributed by atoms with van der Waals surface area (Å²) in [5.41, 5.74) is 2.24. The van der Waals surface area contributed by atoms with Crippen LogP contribution in [0.5, 0.6) is 0 Å². The molecular formula is C24H26FN9O. The predicted molar refractivity (Wildman–Crippen MR) is 127 cm³/mol. The van der Waals surface area contributed by atoms with Crippen molar-refractivity contribution < 1.29 is 9.50 Å². The molecule has 4 aromatic heterocycles. The van der Waals surface area contributed by atoms with Gasteiger partial charge in [0, 0.05) is 17.6 Å². The summed E-state index contributed by atoms with van der Waals surface area (Å²) in [5, 5.41) is 36.1. The third-order valence-corrected chi connectivity index (χ3v) is 6.18. The largest absolute Gasteiger partial charge is 0.390 e. The molecule has 2 atom stereocenters. The van der Waals surface area contributed by atoms with Gasteiger partial charge in [-0.3, -0.25) is 0 Å². The first-order chi connectivity index (χ1) is 16.8. The number of anilines is 1. The second kappa shape index (κ2) is 9.03. The van der Waals surface area contributed by atoms with Gasteiger partial charge >= 0.3 is 0 Å². The number of rotatable bonds is 7. The van der Waals surface area contributed by atoms with Crippen LogP contribution in [0.25, 0.3) is 22.5 Å². The Morgan fingerprint density at radius 3 is 2.83 bits per heavy atom. The lowest BCUT2D eigenvalue weighted by molar-refractivity contribution is 0.0711. The summed E-state index contributed by atoms with van der Waals surface area (Å²) in [6.45, 7) is 3.51. The standard InChI is InChI=1S/C24H26FN9O/c1-24(2,35)7-6-17-14-33(32-31-17)21-13-27-22(9-20(21)30-19-5-3-4-18(19)25)34-23-16(12-29-34)8-15(10-26)11-28-23/h8-9,11-14,18-19,35H,3-7H2,1-2H3,(H,27,30)/t18-,19+/m0/s1. The second-order valence-corrected chi connectivity index (χ2v) is 9.53. The van der Waals surface area contributed by atoms with Crippen molar-refractivity contribution in [3.63, 3.8) is 0 Å². The van der Waals surface area contributed by atoms with Crippen LogP contribution in [0.2, 0.25) is 0 Å². The summed E-state index contributed by atoms with van der Waals surface area (Å²) >= 11 is 0. The Kier molecular flexibility index (Phi) is 5.90. The zero-order chi connectivity index (χ0) is 24.6. The van der Waals surface area contributed by atoms with Gasteiger partial charge in [0.15, 0.2) is 11.5 Å². The number of nitrogens with one attached hydrogen (secondary N) is 1. The van der Waals surface area contributed by atoms with E-state index in [0.717, 1.165) is 23.9 Å². The molecule has 4 heterocycles. The molecule has 1 aliphatic rings. The molecule has 1 saturated carbocycles. The number of halogens is 1. The minimum atomic E-state index is -0.936. The molecule has 0 spiro atoms. The van der Waals surface area contributed by atoms with Crippen molar-refractivity contribution in [1.82, 2.24) is 34.7 Å². The van der Waals surface area contributed by atoms with Crippen LogP contribution in [-0.4, -0.2) is 57.7 Å². The SMILES string of the molecule is CC(C)(O)CCc1cn(-c2cnc(-n3ncc4cc(C#N)cnc43)cc2N[C@@H]2CCC[C@@H]2F)nn1. The van der Waals surface area contributed by atoms with E-state index in [4.69, 9.17) is 5.26 Å². The number of aliphatic hydroxyl groups is 1. The fraction of sp³-hybridized carbons (Fsp3) is 0.417. The minimum Gasteiger partial charge on any atom is -0.390 e. The van der Waals surface area contributed by atoms with E-state index in [1.165, 1.54) is 6.20 Å². The highest BCUT2D eigenvalue weighted by Crippen LogP contribution is 2.30. The van der Waals surface area contributed by atoms with Gasteiger partial charge in [0.05, 0.1) is 47.2 Å². The topological polar surface area (TPSA) is 130 Å². The molecule has 11 heteroatoms. The van der Waals surface area contributed by atoms with E-state index in [0.29, 0.717) is 47.7 Å². The Morgan fingerprint density at radius 2 is 2.09 bits per heavy atom. The number of pyridine rings is 2. The smallest absolute Gasteiger partial charge is 0.164 e. The molecule has 0 aliphatic heterocycles. The van der Waals surface area contributed by atoms with E-state index in [2.05, 4.69) is 36.8 Å². The zero-order valence-electron chi connectivity index (χ0n) is 19.6. The van der Waals surface area contributed by atoms with Crippen molar-refractivity contribution in [3.05, 3.63) is 48.2 Å². The van der Waals surface area contributed by atoms with Gasteiger partial charge in [-0.1, -0.05) is 5.21 Å². The Hall–Kier alpha value is -3.91. The van der Waals surface area contributed by atoms with Gasteiger partial charge in [-0.15, -0.1) is 5.10 Å². The van der Waals surface area contributed by atoms with Crippen LogP contribution in [0.1, 0.15) is 50.8 Å². The Balaban J connectivity index is 1.52. The third kappa shape index (κ3) is 4.83. The Morgan fingerprint density at radius 1 is 1.23 bits per heavy atom. The lowest BCUT2D eigenvalue weighted by Crippen LogP contribution is -2.26. The van der Waals surface area contributed by atoms with E-state index < -0.39 is 11.8 Å². The van der Waals surface area contributed by atoms with E-state index in [1.54, 1.807) is 53.9 Å². The summed E-state index contributed by atoms with van der Waals surface area (Å²) in [6.07, 6.45) is 8.83. The number of nitriles is 1. The van der Waals surface area contributed by atoms with Crippen LogP contribution >= 0.6 is 0 Å². The van der Waals surface area contributed by atoms with Gasteiger partial charge in [-0.2, -0.15) is 15.0 Å². The molecule has 0 amide bonds. The molecule has 0 saturated heterocycles. The van der Waals surface area contributed by atoms with Gasteiger partial charge in [0.1, 0.15) is 17.9 Å². The fourth-order valence-corrected chi connectivity index (χ4v) is 4.24. The molecule has 2 N–H and O–H groups in total. The van der Waals surface area contributed by atoms with Crippen molar-refractivity contribution in [2.45, 2.75) is 63.8 Å². The first kappa shape index (κ1) is 22.9. The van der Waals surface area contributed by atoms with Gasteiger partial charge in [-0.05, 0) is 52.0 Å². The first-order valence-corrected chi connectivity index (χ1v) is 11.6. The van der Waals surface area contributed by atoms with Crippen molar-refractivity contribution in [3.8, 4) is 17.6 Å². The number of hydrogen-bond acceptors (Lipinski definition) is 8. The molecule has 0 unspecified atom stereocenters. The number of aromatic nitrogens is 7. The maximum absolute atomic E-state index is 14.5. The molecule has 0 bridgehead atoms. The van der Waals surface area contributed by atoms with Gasteiger partial charge in [-0.25, -0.2) is 19.0 Å². The summed E-state index contributed by atoms with van der Waals surface area (Å²) < 4.78 is 17.7. The summed E-state index contributed by atoms with van der Waals surface area (Å²) in [5.74, 6) is 0.499. The predicted octanol–water partition coefficient (Wildman–Crippen LogP) is 3.27. The maximum Gasteiger partial charge on any atom is 0.164 e. The average Bonchev–Trinajstić information content (AvgIpc) is 3.57. The van der Waals surface area contributed by atoms with Crippen molar-refractivity contribution >= 4 is 16.7 Å². The van der Waals surface area contributed by atoms with Crippen LogP contribution in [0.4, 0.5) is 10.1 Å². The van der Waals surface area contributed by atoms with Crippen molar-refractivity contribution in [2.24, 2.45) is 0 Å². The summed E-state index contributed by atoms with van der Waals surface area (Å²) in [4.78, 5) is 8.94. The van der Waals surface area contributed by atoms with Crippen molar-refractivity contribution in [1.29, 1.82) is 5.26 Å². The Labute approximate surface area is 201 Å². The van der Waals surface area contributed by atoms with Crippen LogP contribution in [0, 0.1) is 11.3 Å². The number of alkyl halides is 1. The maximum atomic E-state index is 14.5. The highest BCUT2D eigenvalue weighted by Gasteiger charge is 2.28. The molecule has 1 fully saturated rings. The number of fused-ring (bicyclic) bond motifs is 1. The monoisotopic (exact) mass is 475 g/mol. The lowest BCUT2D eigenvalue weighted by Gasteiger charge is -2.19. The normalized spacial score (nSPS) is 18.1. The molecule has 1 aliphatic carbocycles. The molecule has 0 aromatic carbocycles.